The Labute approximate surface area is 136 Å². The summed E-state index contributed by atoms with van der Waals surface area (Å²) in [5, 5.41) is -4.75. The molecule has 1 aromatic heterocycles. The molecule has 0 spiro atoms. The van der Waals surface area contributed by atoms with Crippen molar-refractivity contribution in [3.8, 4) is 11.4 Å². The van der Waals surface area contributed by atoms with Gasteiger partial charge >= 0.3 is 11.3 Å². The summed E-state index contributed by atoms with van der Waals surface area (Å²) < 4.78 is 54.1. The average Bonchev–Trinajstić information content (AvgIpc) is 2.45. The Hall–Kier alpha value is -1.69. The highest BCUT2D eigenvalue weighted by molar-refractivity contribution is 6.22. The summed E-state index contributed by atoms with van der Waals surface area (Å²) in [5.41, 5.74) is -1.05. The summed E-state index contributed by atoms with van der Waals surface area (Å²) in [6.45, 7) is 5.22. The highest BCUT2D eigenvalue weighted by atomic mass is 35.5. The van der Waals surface area contributed by atoms with Gasteiger partial charge in [-0.3, -0.25) is 0 Å². The van der Waals surface area contributed by atoms with Gasteiger partial charge < -0.3 is 0 Å². The number of hydrogen-bond acceptors (Lipinski definition) is 2. The molecule has 0 aliphatic carbocycles. The van der Waals surface area contributed by atoms with Crippen molar-refractivity contribution in [1.82, 2.24) is 9.97 Å². The van der Waals surface area contributed by atoms with Gasteiger partial charge in [-0.1, -0.05) is 51.1 Å². The van der Waals surface area contributed by atoms with Gasteiger partial charge in [-0.15, -0.1) is 0 Å². The van der Waals surface area contributed by atoms with Crippen LogP contribution in [-0.4, -0.2) is 15.3 Å². The van der Waals surface area contributed by atoms with Gasteiger partial charge in [0.2, 0.25) is 0 Å². The molecule has 0 saturated heterocycles. The molecule has 0 N–H and O–H groups in total. The van der Waals surface area contributed by atoms with Gasteiger partial charge in [-0.25, -0.2) is 9.97 Å². The van der Waals surface area contributed by atoms with Crippen LogP contribution in [0.25, 0.3) is 11.4 Å². The van der Waals surface area contributed by atoms with Crippen molar-refractivity contribution in [2.24, 2.45) is 0 Å². The molecule has 0 aliphatic heterocycles. The second-order valence-corrected chi connectivity index (χ2v) is 6.62. The molecule has 2 rings (SSSR count). The van der Waals surface area contributed by atoms with Crippen LogP contribution in [0, 0.1) is 0 Å². The number of aromatic nitrogens is 2. The van der Waals surface area contributed by atoms with Crippen molar-refractivity contribution >= 4 is 11.6 Å². The SMILES string of the molecule is CC(C)(C)c1cc(C(F)(F)C(F)(F)Cl)nc(-c2ccccc2)n1. The largest absolute Gasteiger partial charge is 0.390 e. The Morgan fingerprint density at radius 3 is 1.87 bits per heavy atom. The first-order valence-corrected chi connectivity index (χ1v) is 7.21. The molecule has 23 heavy (non-hydrogen) atoms. The molecule has 0 fully saturated rings. The predicted octanol–water partition coefficient (Wildman–Crippen LogP) is 5.36. The fraction of sp³-hybridized carbons (Fsp3) is 0.375. The van der Waals surface area contributed by atoms with E-state index >= 15 is 0 Å². The smallest absolute Gasteiger partial charge is 0.233 e. The molecule has 1 heterocycles. The summed E-state index contributed by atoms with van der Waals surface area (Å²) in [4.78, 5) is 7.87. The zero-order valence-corrected chi connectivity index (χ0v) is 13.5. The lowest BCUT2D eigenvalue weighted by atomic mass is 9.91. The number of nitrogens with zero attached hydrogens (tertiary/aromatic N) is 2. The lowest BCUT2D eigenvalue weighted by Crippen LogP contribution is -2.34. The molecule has 0 atom stereocenters. The molecule has 1 aromatic carbocycles. The number of halogens is 5. The van der Waals surface area contributed by atoms with Gasteiger partial charge in [0.05, 0.1) is 5.69 Å². The molecule has 2 nitrogen and oxygen atoms in total. The van der Waals surface area contributed by atoms with Gasteiger partial charge in [0.15, 0.2) is 5.82 Å². The first-order chi connectivity index (χ1) is 10.4. The summed E-state index contributed by atoms with van der Waals surface area (Å²) in [5.74, 6) is -4.66. The van der Waals surface area contributed by atoms with Gasteiger partial charge in [-0.05, 0) is 17.7 Å². The van der Waals surface area contributed by atoms with Crippen LogP contribution in [-0.2, 0) is 11.3 Å². The maximum atomic E-state index is 14.0. The van der Waals surface area contributed by atoms with Crippen molar-refractivity contribution < 1.29 is 17.6 Å². The third-order valence-electron chi connectivity index (χ3n) is 3.20. The summed E-state index contributed by atoms with van der Waals surface area (Å²) in [6.07, 6.45) is 0. The maximum absolute atomic E-state index is 14.0. The molecule has 0 radical (unpaired) electrons. The van der Waals surface area contributed by atoms with E-state index in [1.165, 1.54) is 0 Å². The topological polar surface area (TPSA) is 25.8 Å². The van der Waals surface area contributed by atoms with Crippen LogP contribution in [0.2, 0.25) is 0 Å². The van der Waals surface area contributed by atoms with E-state index in [-0.39, 0.29) is 11.5 Å². The lowest BCUT2D eigenvalue weighted by Gasteiger charge is -2.24. The van der Waals surface area contributed by atoms with Crippen molar-refractivity contribution in [3.05, 3.63) is 47.8 Å². The third-order valence-corrected chi connectivity index (χ3v) is 3.44. The fourth-order valence-electron chi connectivity index (χ4n) is 1.85. The second kappa shape index (κ2) is 5.74. The Morgan fingerprint density at radius 2 is 1.39 bits per heavy atom. The van der Waals surface area contributed by atoms with E-state index in [2.05, 4.69) is 21.6 Å². The molecule has 7 heteroatoms. The Kier molecular flexibility index (Phi) is 4.41. The third kappa shape index (κ3) is 3.63. The van der Waals surface area contributed by atoms with Crippen LogP contribution in [0.1, 0.15) is 32.2 Å². The lowest BCUT2D eigenvalue weighted by molar-refractivity contribution is -0.166. The minimum Gasteiger partial charge on any atom is -0.233 e. The number of rotatable bonds is 3. The van der Waals surface area contributed by atoms with Gasteiger partial charge in [0, 0.05) is 11.0 Å². The van der Waals surface area contributed by atoms with Crippen LogP contribution in [0.15, 0.2) is 36.4 Å². The van der Waals surface area contributed by atoms with Crippen molar-refractivity contribution in [1.29, 1.82) is 0 Å². The van der Waals surface area contributed by atoms with E-state index in [1.54, 1.807) is 51.1 Å². The second-order valence-electron chi connectivity index (χ2n) is 6.15. The predicted molar refractivity (Wildman–Crippen MR) is 80.9 cm³/mol. The van der Waals surface area contributed by atoms with E-state index in [0.717, 1.165) is 6.07 Å². The van der Waals surface area contributed by atoms with Gasteiger partial charge in [-0.2, -0.15) is 17.6 Å². The Balaban J connectivity index is 2.69. The van der Waals surface area contributed by atoms with Crippen molar-refractivity contribution in [3.63, 3.8) is 0 Å². The number of alkyl halides is 5. The van der Waals surface area contributed by atoms with Crippen LogP contribution in [0.4, 0.5) is 17.6 Å². The molecular formula is C16H15ClF4N2. The average molecular weight is 347 g/mol. The van der Waals surface area contributed by atoms with E-state index < -0.39 is 22.4 Å². The summed E-state index contributed by atoms with van der Waals surface area (Å²) in [7, 11) is 0. The van der Waals surface area contributed by atoms with Crippen LogP contribution < -0.4 is 0 Å². The molecule has 124 valence electrons. The Morgan fingerprint density at radius 1 is 0.870 bits per heavy atom. The minimum atomic E-state index is -4.75. The van der Waals surface area contributed by atoms with Crippen LogP contribution >= 0.6 is 11.6 Å². The first-order valence-electron chi connectivity index (χ1n) is 6.83. The van der Waals surface area contributed by atoms with E-state index in [4.69, 9.17) is 0 Å². The van der Waals surface area contributed by atoms with Crippen molar-refractivity contribution in [2.75, 3.05) is 0 Å². The molecule has 0 unspecified atom stereocenters. The number of benzene rings is 1. The van der Waals surface area contributed by atoms with Crippen molar-refractivity contribution in [2.45, 2.75) is 37.5 Å². The van der Waals surface area contributed by atoms with E-state index in [0.29, 0.717) is 5.56 Å². The van der Waals surface area contributed by atoms with E-state index in [1.807, 2.05) is 0 Å². The molecule has 0 aliphatic rings. The highest BCUT2D eigenvalue weighted by Gasteiger charge is 2.58. The quantitative estimate of drug-likeness (QED) is 0.552. The first kappa shape index (κ1) is 17.7. The minimum absolute atomic E-state index is 0.0476. The normalized spacial score (nSPS) is 13.2. The highest BCUT2D eigenvalue weighted by Crippen LogP contribution is 2.45. The standard InChI is InChI=1S/C16H15ClF4N2/c1-14(2,3)11-9-12(15(18,19)16(17,20)21)23-13(22-11)10-7-5-4-6-8-10/h4-9H,1-3H3. The monoisotopic (exact) mass is 346 g/mol. The van der Waals surface area contributed by atoms with E-state index in [9.17, 15) is 17.6 Å². The summed E-state index contributed by atoms with van der Waals surface area (Å²) in [6, 6.07) is 9.19. The zero-order valence-electron chi connectivity index (χ0n) is 12.7. The van der Waals surface area contributed by atoms with Gasteiger partial charge in [0.1, 0.15) is 5.69 Å². The molecule has 2 aromatic rings. The van der Waals surface area contributed by atoms with Crippen LogP contribution in [0.3, 0.4) is 0 Å². The van der Waals surface area contributed by atoms with Crippen LogP contribution in [0.5, 0.6) is 0 Å². The number of hydrogen-bond donors (Lipinski definition) is 0. The van der Waals surface area contributed by atoms with Gasteiger partial charge in [0.25, 0.3) is 0 Å². The maximum Gasteiger partial charge on any atom is 0.390 e. The molecular weight excluding hydrogens is 332 g/mol. The zero-order chi connectivity index (χ0) is 17.5. The summed E-state index contributed by atoms with van der Waals surface area (Å²) >= 11 is 4.58. The molecule has 0 amide bonds. The molecule has 0 saturated carbocycles. The molecule has 0 bridgehead atoms. The Bertz CT molecular complexity index is 691. The fourth-order valence-corrected chi connectivity index (χ4v) is 1.95.